The van der Waals surface area contributed by atoms with Crippen LogP contribution in [0.5, 0.6) is 0 Å². The number of ether oxygens (including phenoxy) is 1. The molecule has 0 bridgehead atoms. The molecular formula is C11H18N2O2. The Kier molecular flexibility index (Phi) is 3.88. The van der Waals surface area contributed by atoms with Gasteiger partial charge in [0, 0.05) is 6.42 Å². The first-order chi connectivity index (χ1) is 7.10. The molecule has 4 nitrogen and oxygen atoms in total. The van der Waals surface area contributed by atoms with Crippen LogP contribution in [0.4, 0.5) is 0 Å². The first kappa shape index (κ1) is 11.8. The van der Waals surface area contributed by atoms with E-state index in [4.69, 9.17) is 4.74 Å². The van der Waals surface area contributed by atoms with Crippen molar-refractivity contribution in [3.63, 3.8) is 0 Å². The number of imidazole rings is 1. The third-order valence-corrected chi connectivity index (χ3v) is 2.14. The summed E-state index contributed by atoms with van der Waals surface area (Å²) in [5.41, 5.74) is 1.30. The van der Waals surface area contributed by atoms with Crippen LogP contribution in [-0.2, 0) is 11.2 Å². The van der Waals surface area contributed by atoms with Crippen LogP contribution in [0.1, 0.15) is 55.6 Å². The lowest BCUT2D eigenvalue weighted by Crippen LogP contribution is -2.09. The maximum atomic E-state index is 11.6. The average Bonchev–Trinajstić information content (AvgIpc) is 2.61. The molecule has 15 heavy (non-hydrogen) atoms. The van der Waals surface area contributed by atoms with Gasteiger partial charge in [-0.3, -0.25) is 0 Å². The second kappa shape index (κ2) is 4.96. The molecule has 0 atom stereocenters. The predicted molar refractivity (Wildman–Crippen MR) is 58.0 cm³/mol. The molecule has 0 unspecified atom stereocenters. The fraction of sp³-hybridized carbons (Fsp3) is 0.636. The van der Waals surface area contributed by atoms with E-state index in [0.29, 0.717) is 12.3 Å². The number of hydrogen-bond acceptors (Lipinski definition) is 3. The van der Waals surface area contributed by atoms with Crippen molar-refractivity contribution in [2.75, 3.05) is 6.61 Å². The zero-order valence-corrected chi connectivity index (χ0v) is 9.76. The highest BCUT2D eigenvalue weighted by atomic mass is 16.5. The molecule has 4 heteroatoms. The SMILES string of the molecule is CCOC(=O)c1[nH]c(CC)nc1C(C)C. The Bertz CT molecular complexity index is 342. The van der Waals surface area contributed by atoms with Crippen LogP contribution < -0.4 is 0 Å². The minimum absolute atomic E-state index is 0.223. The Balaban J connectivity index is 3.03. The van der Waals surface area contributed by atoms with Crippen LogP contribution in [0, 0.1) is 0 Å². The van der Waals surface area contributed by atoms with Crippen molar-refractivity contribution in [2.24, 2.45) is 0 Å². The van der Waals surface area contributed by atoms with Crippen molar-refractivity contribution in [2.45, 2.75) is 40.0 Å². The summed E-state index contributed by atoms with van der Waals surface area (Å²) >= 11 is 0. The molecule has 1 rings (SSSR count). The van der Waals surface area contributed by atoms with Gasteiger partial charge in [0.05, 0.1) is 12.3 Å². The molecule has 0 amide bonds. The molecule has 1 aromatic rings. The van der Waals surface area contributed by atoms with Crippen molar-refractivity contribution >= 4 is 5.97 Å². The Morgan fingerprint density at radius 2 is 2.13 bits per heavy atom. The summed E-state index contributed by atoms with van der Waals surface area (Å²) in [6.07, 6.45) is 0.791. The van der Waals surface area contributed by atoms with Crippen LogP contribution in [-0.4, -0.2) is 22.5 Å². The van der Waals surface area contributed by atoms with E-state index in [9.17, 15) is 4.79 Å². The van der Waals surface area contributed by atoms with E-state index in [0.717, 1.165) is 17.9 Å². The molecule has 0 aromatic carbocycles. The van der Waals surface area contributed by atoms with Gasteiger partial charge in [0.15, 0.2) is 0 Å². The third kappa shape index (κ3) is 2.58. The number of rotatable bonds is 4. The smallest absolute Gasteiger partial charge is 0.356 e. The van der Waals surface area contributed by atoms with Gasteiger partial charge in [-0.15, -0.1) is 0 Å². The number of nitrogens with one attached hydrogen (secondary N) is 1. The zero-order chi connectivity index (χ0) is 11.4. The fourth-order valence-corrected chi connectivity index (χ4v) is 1.38. The first-order valence-corrected chi connectivity index (χ1v) is 5.36. The maximum absolute atomic E-state index is 11.6. The van der Waals surface area contributed by atoms with Gasteiger partial charge in [-0.1, -0.05) is 20.8 Å². The van der Waals surface area contributed by atoms with Crippen molar-refractivity contribution in [3.8, 4) is 0 Å². The minimum atomic E-state index is -0.312. The lowest BCUT2D eigenvalue weighted by molar-refractivity contribution is 0.0518. The lowest BCUT2D eigenvalue weighted by Gasteiger charge is -2.04. The summed E-state index contributed by atoms with van der Waals surface area (Å²) in [5.74, 6) is 0.746. The molecule has 84 valence electrons. The summed E-state index contributed by atoms with van der Waals surface area (Å²) in [6, 6.07) is 0. The standard InChI is InChI=1S/C11H18N2O2/c1-5-8-12-9(7(3)4)10(13-8)11(14)15-6-2/h7H,5-6H2,1-4H3,(H,12,13). The molecule has 1 N–H and O–H groups in total. The molecule has 0 fully saturated rings. The molecular weight excluding hydrogens is 192 g/mol. The highest BCUT2D eigenvalue weighted by Crippen LogP contribution is 2.18. The summed E-state index contributed by atoms with van der Waals surface area (Å²) in [5, 5.41) is 0. The normalized spacial score (nSPS) is 10.7. The second-order valence-electron chi connectivity index (χ2n) is 3.67. The maximum Gasteiger partial charge on any atom is 0.356 e. The van der Waals surface area contributed by atoms with Crippen LogP contribution in [0.2, 0.25) is 0 Å². The van der Waals surface area contributed by atoms with Crippen LogP contribution in [0.15, 0.2) is 0 Å². The van der Waals surface area contributed by atoms with Gasteiger partial charge in [0.2, 0.25) is 0 Å². The Morgan fingerprint density at radius 1 is 1.47 bits per heavy atom. The minimum Gasteiger partial charge on any atom is -0.461 e. The Labute approximate surface area is 90.1 Å². The van der Waals surface area contributed by atoms with Crippen molar-refractivity contribution in [1.82, 2.24) is 9.97 Å². The summed E-state index contributed by atoms with van der Waals surface area (Å²) in [7, 11) is 0. The lowest BCUT2D eigenvalue weighted by atomic mass is 10.1. The van der Waals surface area contributed by atoms with E-state index < -0.39 is 0 Å². The van der Waals surface area contributed by atoms with Crippen LogP contribution in [0.3, 0.4) is 0 Å². The molecule has 0 aliphatic carbocycles. The van der Waals surface area contributed by atoms with Gasteiger partial charge in [-0.05, 0) is 12.8 Å². The quantitative estimate of drug-likeness (QED) is 0.775. The number of aryl methyl sites for hydroxylation is 1. The number of hydrogen-bond donors (Lipinski definition) is 1. The molecule has 0 saturated heterocycles. The monoisotopic (exact) mass is 210 g/mol. The molecule has 0 spiro atoms. The number of nitrogens with zero attached hydrogens (tertiary/aromatic N) is 1. The molecule has 0 radical (unpaired) electrons. The number of aromatic nitrogens is 2. The van der Waals surface area contributed by atoms with Crippen molar-refractivity contribution < 1.29 is 9.53 Å². The third-order valence-electron chi connectivity index (χ3n) is 2.14. The van der Waals surface area contributed by atoms with E-state index >= 15 is 0 Å². The van der Waals surface area contributed by atoms with E-state index in [1.165, 1.54) is 0 Å². The highest BCUT2D eigenvalue weighted by molar-refractivity contribution is 5.88. The van der Waals surface area contributed by atoms with Gasteiger partial charge in [-0.25, -0.2) is 9.78 Å². The second-order valence-corrected chi connectivity index (χ2v) is 3.67. The van der Waals surface area contributed by atoms with Gasteiger partial charge < -0.3 is 9.72 Å². The highest BCUT2D eigenvalue weighted by Gasteiger charge is 2.19. The number of aromatic amines is 1. The number of carbonyl (C=O) groups excluding carboxylic acids is 1. The number of H-pyrrole nitrogens is 1. The first-order valence-electron chi connectivity index (χ1n) is 5.36. The molecule has 0 saturated carbocycles. The summed E-state index contributed by atoms with van der Waals surface area (Å²) < 4.78 is 4.97. The largest absolute Gasteiger partial charge is 0.461 e. The number of carbonyl (C=O) groups is 1. The van der Waals surface area contributed by atoms with E-state index in [2.05, 4.69) is 9.97 Å². The zero-order valence-electron chi connectivity index (χ0n) is 9.76. The summed E-state index contributed by atoms with van der Waals surface area (Å²) in [6.45, 7) is 8.20. The van der Waals surface area contributed by atoms with Gasteiger partial charge in [-0.2, -0.15) is 0 Å². The number of esters is 1. The van der Waals surface area contributed by atoms with Gasteiger partial charge in [0.1, 0.15) is 11.5 Å². The van der Waals surface area contributed by atoms with Gasteiger partial charge in [0.25, 0.3) is 0 Å². The van der Waals surface area contributed by atoms with Gasteiger partial charge >= 0.3 is 5.97 Å². The van der Waals surface area contributed by atoms with E-state index in [-0.39, 0.29) is 11.9 Å². The van der Waals surface area contributed by atoms with Crippen LogP contribution >= 0.6 is 0 Å². The molecule has 0 aliphatic rings. The summed E-state index contributed by atoms with van der Waals surface area (Å²) in [4.78, 5) is 19.0. The Hall–Kier alpha value is -1.32. The van der Waals surface area contributed by atoms with Crippen molar-refractivity contribution in [1.29, 1.82) is 0 Å². The van der Waals surface area contributed by atoms with E-state index in [1.807, 2.05) is 20.8 Å². The Morgan fingerprint density at radius 3 is 2.60 bits per heavy atom. The molecule has 0 aliphatic heterocycles. The topological polar surface area (TPSA) is 55.0 Å². The predicted octanol–water partition coefficient (Wildman–Crippen LogP) is 2.27. The van der Waals surface area contributed by atoms with E-state index in [1.54, 1.807) is 6.92 Å². The average molecular weight is 210 g/mol. The molecule has 1 aromatic heterocycles. The molecule has 1 heterocycles. The fourth-order valence-electron chi connectivity index (χ4n) is 1.38. The van der Waals surface area contributed by atoms with Crippen LogP contribution in [0.25, 0.3) is 0 Å². The van der Waals surface area contributed by atoms with Crippen molar-refractivity contribution in [3.05, 3.63) is 17.2 Å².